The van der Waals surface area contributed by atoms with Gasteiger partial charge < -0.3 is 15.8 Å². The molecule has 0 bridgehead atoms. The van der Waals surface area contributed by atoms with Crippen LogP contribution in [-0.2, 0) is 0 Å². The van der Waals surface area contributed by atoms with Crippen molar-refractivity contribution in [3.05, 3.63) is 16.6 Å². The average Bonchev–Trinajstić information content (AvgIpc) is 2.96. The predicted molar refractivity (Wildman–Crippen MR) is 79.0 cm³/mol. The smallest absolute Gasteiger partial charge is 0.323 e. The molecule has 0 spiro atoms. The highest BCUT2D eigenvalue weighted by Crippen LogP contribution is 2.18. The van der Waals surface area contributed by atoms with Crippen LogP contribution in [-0.4, -0.2) is 33.1 Å². The van der Waals surface area contributed by atoms with Crippen molar-refractivity contribution in [2.75, 3.05) is 24.2 Å². The molecule has 0 saturated carbocycles. The number of aromatic nitrogens is 4. The number of hydrogen-bond acceptors (Lipinski definition) is 8. The van der Waals surface area contributed by atoms with E-state index in [2.05, 4.69) is 32.2 Å². The topological polar surface area (TPSA) is 98.8 Å². The lowest BCUT2D eigenvalue weighted by Crippen LogP contribution is -2.14. The second-order valence-electron chi connectivity index (χ2n) is 4.30. The zero-order valence-electron chi connectivity index (χ0n) is 11.5. The number of nitrogens with two attached hydrogens (primary N) is 1. The van der Waals surface area contributed by atoms with Crippen molar-refractivity contribution >= 4 is 23.2 Å². The van der Waals surface area contributed by atoms with Gasteiger partial charge in [-0.25, -0.2) is 4.98 Å². The second kappa shape index (κ2) is 6.99. The van der Waals surface area contributed by atoms with Gasteiger partial charge in [0.25, 0.3) is 0 Å². The summed E-state index contributed by atoms with van der Waals surface area (Å²) in [6.45, 7) is 5.33. The van der Waals surface area contributed by atoms with Crippen LogP contribution in [0.5, 0.6) is 6.01 Å². The van der Waals surface area contributed by atoms with Gasteiger partial charge in [0.1, 0.15) is 0 Å². The van der Waals surface area contributed by atoms with Crippen molar-refractivity contribution in [3.8, 4) is 6.01 Å². The SMILES string of the molecule is CCCOc1nc(N)nc(NCC(C)c2nccs2)n1. The van der Waals surface area contributed by atoms with Crippen molar-refractivity contribution in [2.45, 2.75) is 26.2 Å². The van der Waals surface area contributed by atoms with E-state index >= 15 is 0 Å². The molecule has 2 rings (SSSR count). The summed E-state index contributed by atoms with van der Waals surface area (Å²) in [5, 5.41) is 6.17. The van der Waals surface area contributed by atoms with Crippen LogP contribution in [0, 0.1) is 0 Å². The lowest BCUT2D eigenvalue weighted by molar-refractivity contribution is 0.292. The molecule has 108 valence electrons. The van der Waals surface area contributed by atoms with E-state index in [9.17, 15) is 0 Å². The van der Waals surface area contributed by atoms with Gasteiger partial charge in [-0.05, 0) is 6.42 Å². The Hall–Kier alpha value is -1.96. The molecule has 0 saturated heterocycles. The van der Waals surface area contributed by atoms with Gasteiger partial charge >= 0.3 is 6.01 Å². The molecule has 0 fully saturated rings. The molecule has 2 aromatic rings. The van der Waals surface area contributed by atoms with E-state index in [-0.39, 0.29) is 17.9 Å². The van der Waals surface area contributed by atoms with Crippen LogP contribution < -0.4 is 15.8 Å². The van der Waals surface area contributed by atoms with Gasteiger partial charge in [-0.15, -0.1) is 11.3 Å². The van der Waals surface area contributed by atoms with E-state index in [1.54, 1.807) is 17.5 Å². The van der Waals surface area contributed by atoms with E-state index in [1.165, 1.54) is 0 Å². The number of hydrogen-bond donors (Lipinski definition) is 2. The number of rotatable bonds is 7. The average molecular weight is 294 g/mol. The summed E-state index contributed by atoms with van der Waals surface area (Å²) >= 11 is 1.63. The Morgan fingerprint density at radius 2 is 2.25 bits per heavy atom. The zero-order valence-corrected chi connectivity index (χ0v) is 12.4. The molecular weight excluding hydrogens is 276 g/mol. The Bertz CT molecular complexity index is 533. The fraction of sp³-hybridized carbons (Fsp3) is 0.500. The van der Waals surface area contributed by atoms with Crippen molar-refractivity contribution in [1.82, 2.24) is 19.9 Å². The molecule has 7 nitrogen and oxygen atoms in total. The molecule has 8 heteroatoms. The van der Waals surface area contributed by atoms with Gasteiger partial charge in [0, 0.05) is 24.0 Å². The molecule has 2 heterocycles. The van der Waals surface area contributed by atoms with Crippen LogP contribution in [0.15, 0.2) is 11.6 Å². The van der Waals surface area contributed by atoms with Crippen molar-refractivity contribution < 1.29 is 4.74 Å². The zero-order chi connectivity index (χ0) is 14.4. The van der Waals surface area contributed by atoms with Crippen LogP contribution >= 0.6 is 11.3 Å². The molecule has 0 aromatic carbocycles. The molecule has 20 heavy (non-hydrogen) atoms. The van der Waals surface area contributed by atoms with Gasteiger partial charge in [0.2, 0.25) is 11.9 Å². The quantitative estimate of drug-likeness (QED) is 0.804. The Balaban J connectivity index is 1.96. The number of thiazole rings is 1. The van der Waals surface area contributed by atoms with Crippen molar-refractivity contribution in [3.63, 3.8) is 0 Å². The first kappa shape index (κ1) is 14.4. The summed E-state index contributed by atoms with van der Waals surface area (Å²) < 4.78 is 5.36. The van der Waals surface area contributed by atoms with Gasteiger partial charge in [-0.2, -0.15) is 15.0 Å². The second-order valence-corrected chi connectivity index (χ2v) is 5.23. The largest absolute Gasteiger partial charge is 0.463 e. The third-order valence-electron chi connectivity index (χ3n) is 2.51. The first-order chi connectivity index (χ1) is 9.69. The molecule has 1 unspecified atom stereocenters. The van der Waals surface area contributed by atoms with Gasteiger partial charge in [-0.3, -0.25) is 0 Å². The molecule has 0 radical (unpaired) electrons. The Morgan fingerprint density at radius 1 is 1.40 bits per heavy atom. The van der Waals surface area contributed by atoms with Crippen LogP contribution in [0.4, 0.5) is 11.9 Å². The highest BCUT2D eigenvalue weighted by molar-refractivity contribution is 7.09. The molecule has 0 aliphatic heterocycles. The van der Waals surface area contributed by atoms with Gasteiger partial charge in [0.15, 0.2) is 0 Å². The summed E-state index contributed by atoms with van der Waals surface area (Å²) in [5.41, 5.74) is 5.64. The van der Waals surface area contributed by atoms with Crippen LogP contribution in [0.25, 0.3) is 0 Å². The third kappa shape index (κ3) is 4.02. The maximum Gasteiger partial charge on any atom is 0.323 e. The normalized spacial score (nSPS) is 12.1. The van der Waals surface area contributed by atoms with Gasteiger partial charge in [0.05, 0.1) is 11.6 Å². The van der Waals surface area contributed by atoms with E-state index in [0.29, 0.717) is 19.1 Å². The number of nitrogens with zero attached hydrogens (tertiary/aromatic N) is 4. The monoisotopic (exact) mass is 294 g/mol. The Morgan fingerprint density at radius 3 is 2.95 bits per heavy atom. The summed E-state index contributed by atoms with van der Waals surface area (Å²) in [5.74, 6) is 0.843. The third-order valence-corrected chi connectivity index (χ3v) is 3.51. The highest BCUT2D eigenvalue weighted by Gasteiger charge is 2.10. The molecule has 2 aromatic heterocycles. The van der Waals surface area contributed by atoms with E-state index in [0.717, 1.165) is 11.4 Å². The van der Waals surface area contributed by atoms with Crippen LogP contribution in [0.2, 0.25) is 0 Å². The molecular formula is C12H18N6OS. The fourth-order valence-electron chi connectivity index (χ4n) is 1.52. The maximum absolute atomic E-state index is 5.64. The lowest BCUT2D eigenvalue weighted by Gasteiger charge is -2.11. The highest BCUT2D eigenvalue weighted by atomic mass is 32.1. The van der Waals surface area contributed by atoms with Crippen molar-refractivity contribution in [2.24, 2.45) is 0 Å². The minimum atomic E-state index is 0.149. The maximum atomic E-state index is 5.64. The number of anilines is 2. The first-order valence-electron chi connectivity index (χ1n) is 6.46. The molecule has 3 N–H and O–H groups in total. The number of nitrogen functional groups attached to an aromatic ring is 1. The van der Waals surface area contributed by atoms with E-state index in [1.807, 2.05) is 12.3 Å². The summed E-state index contributed by atoms with van der Waals surface area (Å²) in [4.78, 5) is 16.4. The molecule has 0 aliphatic carbocycles. The summed E-state index contributed by atoms with van der Waals surface area (Å²) in [7, 11) is 0. The minimum Gasteiger partial charge on any atom is -0.463 e. The Kier molecular flexibility index (Phi) is 5.05. The summed E-state index contributed by atoms with van der Waals surface area (Å²) in [6.07, 6.45) is 2.68. The predicted octanol–water partition coefficient (Wildman–Crippen LogP) is 1.91. The molecule has 1 atom stereocenters. The van der Waals surface area contributed by atoms with Crippen LogP contribution in [0.3, 0.4) is 0 Å². The molecule has 0 aliphatic rings. The first-order valence-corrected chi connectivity index (χ1v) is 7.34. The standard InChI is InChI=1S/C12H18N6OS/c1-3-5-19-12-17-10(13)16-11(18-12)15-7-8(2)9-14-4-6-20-9/h4,6,8H,3,5,7H2,1-2H3,(H3,13,15,16,17,18). The van der Waals surface area contributed by atoms with Crippen molar-refractivity contribution in [1.29, 1.82) is 0 Å². The summed E-state index contributed by atoms with van der Waals surface area (Å²) in [6, 6.07) is 0.253. The fourth-order valence-corrected chi connectivity index (χ4v) is 2.22. The molecule has 0 amide bonds. The van der Waals surface area contributed by atoms with Crippen LogP contribution in [0.1, 0.15) is 31.2 Å². The lowest BCUT2D eigenvalue weighted by atomic mass is 10.2. The number of ether oxygens (including phenoxy) is 1. The van der Waals surface area contributed by atoms with Gasteiger partial charge in [-0.1, -0.05) is 13.8 Å². The number of nitrogens with one attached hydrogen (secondary N) is 1. The Labute approximate surface area is 121 Å². The minimum absolute atomic E-state index is 0.149. The van der Waals surface area contributed by atoms with E-state index < -0.39 is 0 Å². The van der Waals surface area contributed by atoms with E-state index in [4.69, 9.17) is 10.5 Å².